The van der Waals surface area contributed by atoms with E-state index in [0.717, 1.165) is 19.5 Å². The van der Waals surface area contributed by atoms with Crippen molar-refractivity contribution in [1.82, 2.24) is 10.3 Å². The second kappa shape index (κ2) is 6.43. The fourth-order valence-corrected chi connectivity index (χ4v) is 3.27. The molecule has 0 saturated heterocycles. The van der Waals surface area contributed by atoms with Crippen molar-refractivity contribution in [3.63, 3.8) is 0 Å². The molecule has 2 heterocycles. The first-order valence-electron chi connectivity index (χ1n) is 6.40. The van der Waals surface area contributed by atoms with Gasteiger partial charge >= 0.3 is 0 Å². The highest BCUT2D eigenvalue weighted by Crippen LogP contribution is 2.21. The van der Waals surface area contributed by atoms with Crippen LogP contribution in [0.5, 0.6) is 0 Å². The number of benzene rings is 1. The predicted molar refractivity (Wildman–Crippen MR) is 84.1 cm³/mol. The Balaban J connectivity index is 0.00000161. The van der Waals surface area contributed by atoms with Crippen molar-refractivity contribution in [2.24, 2.45) is 0 Å². The molecule has 1 aromatic heterocycles. The highest BCUT2D eigenvalue weighted by atomic mass is 35.5. The van der Waals surface area contributed by atoms with E-state index in [2.05, 4.69) is 15.0 Å². The fourth-order valence-electron chi connectivity index (χ4n) is 2.26. The van der Waals surface area contributed by atoms with E-state index < -0.39 is 10.0 Å². The summed E-state index contributed by atoms with van der Waals surface area (Å²) in [5.74, 6) is 0. The maximum atomic E-state index is 12.2. The number of anilines is 1. The van der Waals surface area contributed by atoms with Crippen molar-refractivity contribution in [3.8, 4) is 0 Å². The Morgan fingerprint density at radius 2 is 2.05 bits per heavy atom. The summed E-state index contributed by atoms with van der Waals surface area (Å²) in [5, 5.41) is 3.29. The minimum atomic E-state index is -3.57. The van der Waals surface area contributed by atoms with Crippen molar-refractivity contribution in [2.75, 3.05) is 11.3 Å². The quantitative estimate of drug-likeness (QED) is 0.905. The number of sulfonamides is 1. The van der Waals surface area contributed by atoms with E-state index in [9.17, 15) is 8.42 Å². The minimum Gasteiger partial charge on any atom is -0.312 e. The number of rotatable bonds is 3. The lowest BCUT2D eigenvalue weighted by Gasteiger charge is -2.18. The summed E-state index contributed by atoms with van der Waals surface area (Å²) < 4.78 is 27.0. The number of nitrogens with one attached hydrogen (secondary N) is 2. The van der Waals surface area contributed by atoms with Gasteiger partial charge in [-0.25, -0.2) is 8.42 Å². The number of aromatic nitrogens is 1. The van der Waals surface area contributed by atoms with Crippen LogP contribution in [0.3, 0.4) is 0 Å². The molecule has 2 N–H and O–H groups in total. The summed E-state index contributed by atoms with van der Waals surface area (Å²) in [5.41, 5.74) is 3.00. The molecule has 0 saturated carbocycles. The molecular formula is C14H16ClN3O2S. The van der Waals surface area contributed by atoms with Crippen molar-refractivity contribution < 1.29 is 8.42 Å². The van der Waals surface area contributed by atoms with E-state index in [1.54, 1.807) is 18.3 Å². The van der Waals surface area contributed by atoms with Gasteiger partial charge < -0.3 is 5.32 Å². The smallest absolute Gasteiger partial charge is 0.263 e. The molecule has 2 aromatic rings. The molecule has 21 heavy (non-hydrogen) atoms. The number of halogens is 1. The van der Waals surface area contributed by atoms with E-state index in [-0.39, 0.29) is 17.3 Å². The van der Waals surface area contributed by atoms with Crippen LogP contribution in [0.15, 0.2) is 47.6 Å². The van der Waals surface area contributed by atoms with Crippen LogP contribution in [0.4, 0.5) is 5.69 Å². The van der Waals surface area contributed by atoms with Crippen LogP contribution < -0.4 is 10.0 Å². The van der Waals surface area contributed by atoms with Gasteiger partial charge in [-0.2, -0.15) is 0 Å². The zero-order chi connectivity index (χ0) is 14.0. The van der Waals surface area contributed by atoms with Gasteiger partial charge in [0.1, 0.15) is 4.90 Å². The van der Waals surface area contributed by atoms with Crippen LogP contribution in [0, 0.1) is 0 Å². The molecule has 0 fully saturated rings. The van der Waals surface area contributed by atoms with Crippen LogP contribution in [-0.4, -0.2) is 19.9 Å². The largest absolute Gasteiger partial charge is 0.312 e. The second-order valence-corrected chi connectivity index (χ2v) is 6.39. The Kier molecular flexibility index (Phi) is 4.82. The molecule has 0 spiro atoms. The number of hydrogen-bond acceptors (Lipinski definition) is 4. The summed E-state index contributed by atoms with van der Waals surface area (Å²) in [6.07, 6.45) is 3.80. The third-order valence-electron chi connectivity index (χ3n) is 3.29. The van der Waals surface area contributed by atoms with Gasteiger partial charge in [0.15, 0.2) is 0 Å². The van der Waals surface area contributed by atoms with Crippen LogP contribution in [0.25, 0.3) is 0 Å². The molecule has 5 nitrogen and oxygen atoms in total. The van der Waals surface area contributed by atoms with Crippen LogP contribution in [-0.2, 0) is 23.0 Å². The first kappa shape index (κ1) is 15.8. The highest BCUT2D eigenvalue weighted by Gasteiger charge is 2.15. The van der Waals surface area contributed by atoms with Gasteiger partial charge in [0.25, 0.3) is 10.0 Å². The van der Waals surface area contributed by atoms with Gasteiger partial charge in [0.05, 0.1) is 0 Å². The lowest BCUT2D eigenvalue weighted by atomic mass is 10.0. The van der Waals surface area contributed by atoms with Gasteiger partial charge in [0.2, 0.25) is 0 Å². The molecule has 112 valence electrons. The number of pyridine rings is 1. The highest BCUT2D eigenvalue weighted by molar-refractivity contribution is 7.92. The number of fused-ring (bicyclic) bond motifs is 1. The minimum absolute atomic E-state index is 0. The SMILES string of the molecule is Cl.O=S(=O)(Nc1ccc2c(c1)CCNC2)c1cccnc1. The molecule has 3 rings (SSSR count). The average Bonchev–Trinajstić information content (AvgIpc) is 2.48. The zero-order valence-electron chi connectivity index (χ0n) is 11.2. The van der Waals surface area contributed by atoms with Gasteiger partial charge in [-0.3, -0.25) is 9.71 Å². The Morgan fingerprint density at radius 3 is 2.81 bits per heavy atom. The first-order valence-corrected chi connectivity index (χ1v) is 7.89. The third-order valence-corrected chi connectivity index (χ3v) is 4.66. The summed E-state index contributed by atoms with van der Waals surface area (Å²) in [6.45, 7) is 1.76. The van der Waals surface area contributed by atoms with E-state index in [4.69, 9.17) is 0 Å². The Labute approximate surface area is 130 Å². The van der Waals surface area contributed by atoms with Crippen molar-refractivity contribution in [2.45, 2.75) is 17.9 Å². The number of hydrogen-bond donors (Lipinski definition) is 2. The van der Waals surface area contributed by atoms with Crippen molar-refractivity contribution >= 4 is 28.1 Å². The summed E-state index contributed by atoms with van der Waals surface area (Å²) in [4.78, 5) is 4.00. The third kappa shape index (κ3) is 3.53. The Morgan fingerprint density at radius 1 is 1.19 bits per heavy atom. The molecule has 1 aliphatic heterocycles. The molecule has 1 aromatic carbocycles. The maximum absolute atomic E-state index is 12.2. The topological polar surface area (TPSA) is 71.1 Å². The summed E-state index contributed by atoms with van der Waals surface area (Å²) >= 11 is 0. The average molecular weight is 326 g/mol. The standard InChI is InChI=1S/C14H15N3O2S.ClH/c18-20(19,14-2-1-6-15-10-14)17-13-4-3-12-9-16-7-5-11(12)8-13;/h1-4,6,8,10,16-17H,5,7,9H2;1H. The van der Waals surface area contributed by atoms with E-state index in [1.165, 1.54) is 23.4 Å². The molecule has 1 aliphatic rings. The van der Waals surface area contributed by atoms with Crippen LogP contribution in [0.2, 0.25) is 0 Å². The Bertz CT molecular complexity index is 720. The molecule has 0 aliphatic carbocycles. The predicted octanol–water partition coefficient (Wildman–Crippen LogP) is 1.95. The van der Waals surface area contributed by atoms with Gasteiger partial charge in [-0.05, 0) is 48.4 Å². The first-order chi connectivity index (χ1) is 9.65. The lowest BCUT2D eigenvalue weighted by Crippen LogP contribution is -2.23. The molecule has 0 amide bonds. The summed E-state index contributed by atoms with van der Waals surface area (Å²) in [7, 11) is -3.57. The van der Waals surface area contributed by atoms with Gasteiger partial charge in [0, 0.05) is 24.6 Å². The normalized spacial score (nSPS) is 13.9. The molecule has 7 heteroatoms. The second-order valence-electron chi connectivity index (χ2n) is 4.70. The van der Waals surface area contributed by atoms with Crippen molar-refractivity contribution in [1.29, 1.82) is 0 Å². The van der Waals surface area contributed by atoms with Crippen LogP contribution >= 0.6 is 12.4 Å². The molecule has 0 unspecified atom stereocenters. The molecule has 0 radical (unpaired) electrons. The maximum Gasteiger partial charge on any atom is 0.263 e. The fraction of sp³-hybridized carbons (Fsp3) is 0.214. The molecule has 0 bridgehead atoms. The summed E-state index contributed by atoms with van der Waals surface area (Å²) in [6, 6.07) is 8.79. The number of nitrogens with zero attached hydrogens (tertiary/aromatic N) is 1. The van der Waals surface area contributed by atoms with E-state index in [1.807, 2.05) is 12.1 Å². The molecule has 0 atom stereocenters. The van der Waals surface area contributed by atoms with Gasteiger partial charge in [-0.1, -0.05) is 6.07 Å². The Hall–Kier alpha value is -1.63. The monoisotopic (exact) mass is 325 g/mol. The zero-order valence-corrected chi connectivity index (χ0v) is 12.9. The van der Waals surface area contributed by atoms with Crippen molar-refractivity contribution in [3.05, 3.63) is 53.9 Å². The van der Waals surface area contributed by atoms with E-state index >= 15 is 0 Å². The van der Waals surface area contributed by atoms with E-state index in [0.29, 0.717) is 5.69 Å². The van der Waals surface area contributed by atoms with Crippen LogP contribution in [0.1, 0.15) is 11.1 Å². The van der Waals surface area contributed by atoms with Gasteiger partial charge in [-0.15, -0.1) is 12.4 Å². The molecular weight excluding hydrogens is 310 g/mol. The lowest BCUT2D eigenvalue weighted by molar-refractivity contribution is 0.600.